The number of imidazole rings is 1. The van der Waals surface area contributed by atoms with E-state index in [0.717, 1.165) is 23.8 Å². The lowest BCUT2D eigenvalue weighted by Crippen LogP contribution is -2.17. The Balaban J connectivity index is 1.77. The standard InChI is InChI=1S/C17H17N3/c1-20(13-14-8-4-2-5-9-14)17-18-12-16(19-17)15-10-6-3-7-11-15/h2-12H,13H2,1H3,(H,18,19). The molecular formula is C17H17N3. The highest BCUT2D eigenvalue weighted by Gasteiger charge is 2.08. The van der Waals surface area contributed by atoms with Gasteiger partial charge in [0.25, 0.3) is 0 Å². The topological polar surface area (TPSA) is 31.9 Å². The summed E-state index contributed by atoms with van der Waals surface area (Å²) in [4.78, 5) is 10.00. The van der Waals surface area contributed by atoms with Crippen LogP contribution in [0.4, 0.5) is 5.95 Å². The van der Waals surface area contributed by atoms with Crippen LogP contribution in [0.5, 0.6) is 0 Å². The van der Waals surface area contributed by atoms with Crippen LogP contribution >= 0.6 is 0 Å². The number of aromatic nitrogens is 2. The average molecular weight is 263 g/mol. The molecule has 2 aromatic carbocycles. The molecule has 0 fully saturated rings. The zero-order chi connectivity index (χ0) is 13.8. The minimum absolute atomic E-state index is 0.836. The molecule has 0 amide bonds. The predicted octanol–water partition coefficient (Wildman–Crippen LogP) is 3.71. The predicted molar refractivity (Wildman–Crippen MR) is 82.6 cm³/mol. The van der Waals surface area contributed by atoms with Crippen LogP contribution in [0.25, 0.3) is 11.3 Å². The fraction of sp³-hybridized carbons (Fsp3) is 0.118. The molecule has 0 atom stereocenters. The van der Waals surface area contributed by atoms with Crippen molar-refractivity contribution >= 4 is 5.95 Å². The van der Waals surface area contributed by atoms with Crippen molar-refractivity contribution in [3.8, 4) is 11.3 Å². The lowest BCUT2D eigenvalue weighted by Gasteiger charge is -2.15. The molecule has 1 N–H and O–H groups in total. The average Bonchev–Trinajstić information content (AvgIpc) is 2.99. The molecule has 0 saturated carbocycles. The van der Waals surface area contributed by atoms with Crippen LogP contribution in [0, 0.1) is 0 Å². The number of aromatic amines is 1. The maximum absolute atomic E-state index is 4.65. The Morgan fingerprint density at radius 1 is 0.950 bits per heavy atom. The number of nitrogens with one attached hydrogen (secondary N) is 1. The van der Waals surface area contributed by atoms with Gasteiger partial charge in [0.1, 0.15) is 0 Å². The summed E-state index contributed by atoms with van der Waals surface area (Å²) in [5.74, 6) is 0.882. The number of hydrogen-bond donors (Lipinski definition) is 1. The molecule has 3 heteroatoms. The Bertz CT molecular complexity index is 659. The summed E-state index contributed by atoms with van der Waals surface area (Å²) < 4.78 is 0. The highest BCUT2D eigenvalue weighted by molar-refractivity contribution is 5.60. The zero-order valence-electron chi connectivity index (χ0n) is 11.5. The van der Waals surface area contributed by atoms with Gasteiger partial charge in [0.2, 0.25) is 5.95 Å². The first-order valence-electron chi connectivity index (χ1n) is 6.69. The van der Waals surface area contributed by atoms with Crippen molar-refractivity contribution in [2.75, 3.05) is 11.9 Å². The number of anilines is 1. The van der Waals surface area contributed by atoms with Crippen molar-refractivity contribution in [3.05, 3.63) is 72.4 Å². The monoisotopic (exact) mass is 263 g/mol. The molecule has 100 valence electrons. The SMILES string of the molecule is CN(Cc1ccccc1)c1nc(-c2ccccc2)c[nH]1. The molecule has 1 aromatic heterocycles. The molecule has 3 rings (SSSR count). The van der Waals surface area contributed by atoms with Crippen LogP contribution in [-0.2, 0) is 6.54 Å². The molecule has 0 radical (unpaired) electrons. The number of nitrogens with zero attached hydrogens (tertiary/aromatic N) is 2. The lowest BCUT2D eigenvalue weighted by atomic mass is 10.2. The van der Waals surface area contributed by atoms with Gasteiger partial charge in [0.05, 0.1) is 5.69 Å². The summed E-state index contributed by atoms with van der Waals surface area (Å²) in [7, 11) is 2.04. The van der Waals surface area contributed by atoms with E-state index in [1.54, 1.807) is 0 Å². The molecule has 0 spiro atoms. The van der Waals surface area contributed by atoms with Gasteiger partial charge < -0.3 is 9.88 Å². The van der Waals surface area contributed by atoms with Crippen LogP contribution in [0.2, 0.25) is 0 Å². The third-order valence-electron chi connectivity index (χ3n) is 3.26. The summed E-state index contributed by atoms with van der Waals surface area (Å²) in [5.41, 5.74) is 3.37. The second kappa shape index (κ2) is 5.61. The summed E-state index contributed by atoms with van der Waals surface area (Å²) in [6.07, 6.45) is 1.95. The third kappa shape index (κ3) is 2.72. The summed E-state index contributed by atoms with van der Waals surface area (Å²) >= 11 is 0. The number of H-pyrrole nitrogens is 1. The van der Waals surface area contributed by atoms with E-state index in [-0.39, 0.29) is 0 Å². The van der Waals surface area contributed by atoms with Gasteiger partial charge in [-0.2, -0.15) is 0 Å². The van der Waals surface area contributed by atoms with Crippen molar-refractivity contribution in [2.45, 2.75) is 6.54 Å². The highest BCUT2D eigenvalue weighted by Crippen LogP contribution is 2.20. The van der Waals surface area contributed by atoms with Gasteiger partial charge >= 0.3 is 0 Å². The Hall–Kier alpha value is -2.55. The molecule has 1 heterocycles. The quantitative estimate of drug-likeness (QED) is 0.778. The first-order chi connectivity index (χ1) is 9.83. The zero-order valence-corrected chi connectivity index (χ0v) is 11.5. The smallest absolute Gasteiger partial charge is 0.203 e. The molecule has 0 unspecified atom stereocenters. The van der Waals surface area contributed by atoms with E-state index < -0.39 is 0 Å². The molecule has 0 aliphatic carbocycles. The third-order valence-corrected chi connectivity index (χ3v) is 3.26. The van der Waals surface area contributed by atoms with E-state index in [1.807, 2.05) is 37.5 Å². The van der Waals surface area contributed by atoms with Crippen LogP contribution in [0.1, 0.15) is 5.56 Å². The van der Waals surface area contributed by atoms with E-state index in [0.29, 0.717) is 0 Å². The van der Waals surface area contributed by atoms with Crippen molar-refractivity contribution in [2.24, 2.45) is 0 Å². The van der Waals surface area contributed by atoms with Gasteiger partial charge in [-0.15, -0.1) is 0 Å². The van der Waals surface area contributed by atoms with Crippen molar-refractivity contribution in [1.29, 1.82) is 0 Å². The van der Waals surface area contributed by atoms with Gasteiger partial charge in [-0.05, 0) is 5.56 Å². The van der Waals surface area contributed by atoms with Crippen molar-refractivity contribution in [3.63, 3.8) is 0 Å². The van der Waals surface area contributed by atoms with Crippen LogP contribution in [0.15, 0.2) is 66.9 Å². The normalized spacial score (nSPS) is 10.4. The molecule has 20 heavy (non-hydrogen) atoms. The Kier molecular flexibility index (Phi) is 3.50. The van der Waals surface area contributed by atoms with Gasteiger partial charge in [0, 0.05) is 25.4 Å². The fourth-order valence-corrected chi connectivity index (χ4v) is 2.20. The Labute approximate surface area is 118 Å². The van der Waals surface area contributed by atoms with E-state index in [9.17, 15) is 0 Å². The fourth-order valence-electron chi connectivity index (χ4n) is 2.20. The molecule has 0 bridgehead atoms. The summed E-state index contributed by atoms with van der Waals surface area (Å²) in [6.45, 7) is 0.836. The van der Waals surface area contributed by atoms with E-state index in [4.69, 9.17) is 0 Å². The molecule has 0 aliphatic rings. The summed E-state index contributed by atoms with van der Waals surface area (Å²) in [6, 6.07) is 20.6. The van der Waals surface area contributed by atoms with E-state index in [2.05, 4.69) is 51.3 Å². The van der Waals surface area contributed by atoms with Gasteiger partial charge in [0.15, 0.2) is 0 Å². The Morgan fingerprint density at radius 3 is 2.30 bits per heavy atom. The van der Waals surface area contributed by atoms with Gasteiger partial charge in [-0.1, -0.05) is 60.7 Å². The number of rotatable bonds is 4. The van der Waals surface area contributed by atoms with Crippen LogP contribution in [-0.4, -0.2) is 17.0 Å². The maximum Gasteiger partial charge on any atom is 0.203 e. The van der Waals surface area contributed by atoms with Crippen LogP contribution < -0.4 is 4.90 Å². The van der Waals surface area contributed by atoms with E-state index >= 15 is 0 Å². The molecular weight excluding hydrogens is 246 g/mol. The molecule has 3 aromatic rings. The van der Waals surface area contributed by atoms with Gasteiger partial charge in [-0.25, -0.2) is 4.98 Å². The van der Waals surface area contributed by atoms with Crippen LogP contribution in [0.3, 0.4) is 0 Å². The Morgan fingerprint density at radius 2 is 1.60 bits per heavy atom. The molecule has 3 nitrogen and oxygen atoms in total. The van der Waals surface area contributed by atoms with Crippen molar-refractivity contribution < 1.29 is 0 Å². The first kappa shape index (κ1) is 12.5. The largest absolute Gasteiger partial charge is 0.341 e. The minimum Gasteiger partial charge on any atom is -0.341 e. The number of hydrogen-bond acceptors (Lipinski definition) is 2. The first-order valence-corrected chi connectivity index (χ1v) is 6.69. The number of benzene rings is 2. The minimum atomic E-state index is 0.836. The summed E-state index contributed by atoms with van der Waals surface area (Å²) in [5, 5.41) is 0. The second-order valence-electron chi connectivity index (χ2n) is 4.82. The van der Waals surface area contributed by atoms with E-state index in [1.165, 1.54) is 5.56 Å². The van der Waals surface area contributed by atoms with Crippen molar-refractivity contribution in [1.82, 2.24) is 9.97 Å². The molecule has 0 saturated heterocycles. The highest BCUT2D eigenvalue weighted by atomic mass is 15.2. The maximum atomic E-state index is 4.65. The second-order valence-corrected chi connectivity index (χ2v) is 4.82. The van der Waals surface area contributed by atoms with Gasteiger partial charge in [-0.3, -0.25) is 0 Å². The lowest BCUT2D eigenvalue weighted by molar-refractivity contribution is 0.882. The molecule has 0 aliphatic heterocycles.